The van der Waals surface area contributed by atoms with Crippen LogP contribution in [0.15, 0.2) is 22.7 Å². The number of hydrogen-bond donors (Lipinski definition) is 1. The molecule has 5 heteroatoms. The second-order valence-corrected chi connectivity index (χ2v) is 6.59. The molecule has 0 spiro atoms. The summed E-state index contributed by atoms with van der Waals surface area (Å²) >= 11 is 3.52. The molecule has 0 bridgehead atoms. The number of carbonyl (C=O) groups excluding carboxylic acids is 1. The number of likely N-dealkylation sites (N-methyl/N-ethyl adjacent to an activating group) is 1. The third-order valence-electron chi connectivity index (χ3n) is 4.39. The maximum Gasteiger partial charge on any atom is 0.246 e. The first-order chi connectivity index (χ1) is 9.56. The Balaban J connectivity index is 1.94. The summed E-state index contributed by atoms with van der Waals surface area (Å²) < 4.78 is 1.03. The Morgan fingerprint density at radius 3 is 2.60 bits per heavy atom. The fraction of sp³-hybridized carbons (Fsp3) is 0.533. The fourth-order valence-corrected chi connectivity index (χ4v) is 3.53. The smallest absolute Gasteiger partial charge is 0.246 e. The number of benzene rings is 1. The summed E-state index contributed by atoms with van der Waals surface area (Å²) in [5.41, 5.74) is 2.08. The molecule has 1 amide bonds. The van der Waals surface area contributed by atoms with Crippen molar-refractivity contribution in [1.82, 2.24) is 0 Å². The third kappa shape index (κ3) is 2.44. The zero-order chi connectivity index (χ0) is 14.3. The van der Waals surface area contributed by atoms with Crippen molar-refractivity contribution in [2.24, 2.45) is 0 Å². The Morgan fingerprint density at radius 2 is 1.90 bits per heavy atom. The van der Waals surface area contributed by atoms with Gasteiger partial charge in [-0.05, 0) is 43.9 Å². The Morgan fingerprint density at radius 1 is 1.20 bits per heavy atom. The summed E-state index contributed by atoms with van der Waals surface area (Å²) in [7, 11) is 1.83. The second kappa shape index (κ2) is 5.37. The molecule has 1 aliphatic carbocycles. The van der Waals surface area contributed by atoms with Crippen LogP contribution < -0.4 is 9.80 Å². The van der Waals surface area contributed by atoms with E-state index in [9.17, 15) is 9.90 Å². The molecule has 3 rings (SSSR count). The first-order valence-electron chi connectivity index (χ1n) is 7.07. The van der Waals surface area contributed by atoms with E-state index in [1.807, 2.05) is 19.2 Å². The lowest BCUT2D eigenvalue weighted by Gasteiger charge is -2.42. The molecular weight excluding hydrogens is 320 g/mol. The first kappa shape index (κ1) is 13.9. The molecule has 1 heterocycles. The zero-order valence-corrected chi connectivity index (χ0v) is 13.1. The van der Waals surface area contributed by atoms with Crippen molar-refractivity contribution in [3.8, 4) is 0 Å². The third-order valence-corrected chi connectivity index (χ3v) is 4.89. The number of nitrogens with zero attached hydrogens (tertiary/aromatic N) is 2. The van der Waals surface area contributed by atoms with Crippen molar-refractivity contribution >= 4 is 33.2 Å². The molecule has 0 atom stereocenters. The molecule has 0 saturated heterocycles. The van der Waals surface area contributed by atoms with Gasteiger partial charge in [-0.3, -0.25) is 4.79 Å². The van der Waals surface area contributed by atoms with Crippen molar-refractivity contribution in [2.75, 3.05) is 23.4 Å². The number of anilines is 2. The fourth-order valence-electron chi connectivity index (χ4n) is 3.18. The standard InChI is InChI=1S/C15H19BrN2O2/c1-17-13-7-2-10(16)8-14(13)18(9-15(17)20)11-3-5-12(19)6-4-11/h2,7-8,11-12,19H,3-6,9H2,1H3. The molecule has 0 unspecified atom stereocenters. The van der Waals surface area contributed by atoms with E-state index >= 15 is 0 Å². The molecule has 1 fully saturated rings. The minimum atomic E-state index is -0.170. The highest BCUT2D eigenvalue weighted by Crippen LogP contribution is 2.38. The highest BCUT2D eigenvalue weighted by molar-refractivity contribution is 9.10. The van der Waals surface area contributed by atoms with E-state index in [-0.39, 0.29) is 12.0 Å². The SMILES string of the molecule is CN1C(=O)CN(C2CCC(O)CC2)c2cc(Br)ccc21. The van der Waals surface area contributed by atoms with Crippen LogP contribution in [-0.4, -0.2) is 36.8 Å². The molecule has 1 saturated carbocycles. The number of aliphatic hydroxyl groups excluding tert-OH is 1. The van der Waals surface area contributed by atoms with Gasteiger partial charge in [-0.15, -0.1) is 0 Å². The first-order valence-corrected chi connectivity index (χ1v) is 7.86. The average molecular weight is 339 g/mol. The van der Waals surface area contributed by atoms with Gasteiger partial charge in [-0.25, -0.2) is 0 Å². The minimum absolute atomic E-state index is 0.131. The van der Waals surface area contributed by atoms with Gasteiger partial charge in [-0.2, -0.15) is 0 Å². The number of aliphatic hydroxyl groups is 1. The molecule has 2 aliphatic rings. The summed E-state index contributed by atoms with van der Waals surface area (Å²) in [6, 6.07) is 6.39. The van der Waals surface area contributed by atoms with Gasteiger partial charge in [0.15, 0.2) is 0 Å². The van der Waals surface area contributed by atoms with Crippen LogP contribution in [0.4, 0.5) is 11.4 Å². The minimum Gasteiger partial charge on any atom is -0.393 e. The molecule has 108 valence electrons. The molecule has 1 aliphatic heterocycles. The maximum atomic E-state index is 12.2. The largest absolute Gasteiger partial charge is 0.393 e. The molecule has 0 radical (unpaired) electrons. The second-order valence-electron chi connectivity index (χ2n) is 5.68. The van der Waals surface area contributed by atoms with Crippen molar-refractivity contribution in [1.29, 1.82) is 0 Å². The summed E-state index contributed by atoms with van der Waals surface area (Å²) in [5, 5.41) is 9.66. The number of halogens is 1. The summed E-state index contributed by atoms with van der Waals surface area (Å²) in [4.78, 5) is 16.1. The zero-order valence-electron chi connectivity index (χ0n) is 11.6. The normalized spacial score (nSPS) is 26.6. The van der Waals surface area contributed by atoms with Gasteiger partial charge < -0.3 is 14.9 Å². The predicted octanol–water partition coefficient (Wildman–Crippen LogP) is 2.54. The number of carbonyl (C=O) groups is 1. The van der Waals surface area contributed by atoms with Gasteiger partial charge in [0, 0.05) is 17.6 Å². The Hall–Kier alpha value is -1.07. The topological polar surface area (TPSA) is 43.8 Å². The van der Waals surface area contributed by atoms with Crippen LogP contribution in [0.25, 0.3) is 0 Å². The van der Waals surface area contributed by atoms with Gasteiger partial charge in [0.1, 0.15) is 0 Å². The van der Waals surface area contributed by atoms with Gasteiger partial charge in [0.25, 0.3) is 0 Å². The van der Waals surface area contributed by atoms with Crippen molar-refractivity contribution in [2.45, 2.75) is 37.8 Å². The van der Waals surface area contributed by atoms with Crippen LogP contribution in [0.3, 0.4) is 0 Å². The molecule has 4 nitrogen and oxygen atoms in total. The summed E-state index contributed by atoms with van der Waals surface area (Å²) in [6.07, 6.45) is 3.38. The number of amides is 1. The average Bonchev–Trinajstić information content (AvgIpc) is 2.44. The van der Waals surface area contributed by atoms with E-state index in [2.05, 4.69) is 26.9 Å². The number of rotatable bonds is 1. The maximum absolute atomic E-state index is 12.2. The highest BCUT2D eigenvalue weighted by atomic mass is 79.9. The van der Waals surface area contributed by atoms with E-state index in [0.717, 1.165) is 41.5 Å². The van der Waals surface area contributed by atoms with E-state index < -0.39 is 0 Å². The molecule has 20 heavy (non-hydrogen) atoms. The lowest BCUT2D eigenvalue weighted by Crippen LogP contribution is -2.49. The van der Waals surface area contributed by atoms with E-state index in [1.165, 1.54) is 0 Å². The van der Waals surface area contributed by atoms with Gasteiger partial charge in [0.2, 0.25) is 5.91 Å². The van der Waals surface area contributed by atoms with E-state index in [0.29, 0.717) is 12.6 Å². The van der Waals surface area contributed by atoms with Crippen LogP contribution in [0, 0.1) is 0 Å². The number of fused-ring (bicyclic) bond motifs is 1. The molecule has 1 N–H and O–H groups in total. The Labute approximate surface area is 127 Å². The van der Waals surface area contributed by atoms with Crippen LogP contribution in [0.1, 0.15) is 25.7 Å². The summed E-state index contributed by atoms with van der Waals surface area (Å²) in [6.45, 7) is 0.431. The summed E-state index contributed by atoms with van der Waals surface area (Å²) in [5.74, 6) is 0.131. The van der Waals surface area contributed by atoms with Crippen LogP contribution in [0.2, 0.25) is 0 Å². The lowest BCUT2D eigenvalue weighted by molar-refractivity contribution is -0.117. The molecular formula is C15H19BrN2O2. The number of hydrogen-bond acceptors (Lipinski definition) is 3. The quantitative estimate of drug-likeness (QED) is 0.855. The Bertz CT molecular complexity index is 527. The van der Waals surface area contributed by atoms with Crippen LogP contribution in [0.5, 0.6) is 0 Å². The van der Waals surface area contributed by atoms with Gasteiger partial charge in [0.05, 0.1) is 24.0 Å². The monoisotopic (exact) mass is 338 g/mol. The highest BCUT2D eigenvalue weighted by Gasteiger charge is 2.33. The van der Waals surface area contributed by atoms with Crippen molar-refractivity contribution in [3.63, 3.8) is 0 Å². The van der Waals surface area contributed by atoms with E-state index in [4.69, 9.17) is 0 Å². The predicted molar refractivity (Wildman–Crippen MR) is 83.2 cm³/mol. The lowest BCUT2D eigenvalue weighted by atomic mass is 9.91. The van der Waals surface area contributed by atoms with Crippen molar-refractivity contribution in [3.05, 3.63) is 22.7 Å². The van der Waals surface area contributed by atoms with Gasteiger partial charge >= 0.3 is 0 Å². The van der Waals surface area contributed by atoms with Crippen molar-refractivity contribution < 1.29 is 9.90 Å². The Kier molecular flexibility index (Phi) is 3.73. The van der Waals surface area contributed by atoms with Crippen LogP contribution in [-0.2, 0) is 4.79 Å². The molecule has 1 aromatic carbocycles. The molecule has 1 aromatic rings. The van der Waals surface area contributed by atoms with Crippen LogP contribution >= 0.6 is 15.9 Å². The van der Waals surface area contributed by atoms with Gasteiger partial charge in [-0.1, -0.05) is 15.9 Å². The van der Waals surface area contributed by atoms with E-state index in [1.54, 1.807) is 4.90 Å². The molecule has 0 aromatic heterocycles.